The van der Waals surface area contributed by atoms with Crippen LogP contribution in [0.25, 0.3) is 22.0 Å². The van der Waals surface area contributed by atoms with E-state index in [0.717, 1.165) is 44.2 Å². The van der Waals surface area contributed by atoms with E-state index in [9.17, 15) is 0 Å². The molecule has 1 saturated heterocycles. The molecule has 7 nitrogen and oxygen atoms in total. The van der Waals surface area contributed by atoms with Gasteiger partial charge >= 0.3 is 0 Å². The molecule has 3 aromatic rings. The van der Waals surface area contributed by atoms with Crippen LogP contribution in [0.3, 0.4) is 0 Å². The zero-order valence-electron chi connectivity index (χ0n) is 19.3. The number of anilines is 2. The number of halogens is 2. The predicted molar refractivity (Wildman–Crippen MR) is 127 cm³/mol. The van der Waals surface area contributed by atoms with Crippen LogP contribution in [0.2, 0.25) is 0 Å². The van der Waals surface area contributed by atoms with E-state index in [1.165, 1.54) is 20.3 Å². The minimum Gasteiger partial charge on any atom is -0.494 e. The van der Waals surface area contributed by atoms with Gasteiger partial charge in [-0.05, 0) is 43.7 Å². The highest BCUT2D eigenvalue weighted by Gasteiger charge is 2.25. The molecule has 2 aliphatic rings. The molecule has 34 heavy (non-hydrogen) atoms. The van der Waals surface area contributed by atoms with E-state index in [-0.39, 0.29) is 28.8 Å². The van der Waals surface area contributed by atoms with Gasteiger partial charge in [0.15, 0.2) is 23.1 Å². The van der Waals surface area contributed by atoms with Crippen molar-refractivity contribution in [2.45, 2.75) is 31.7 Å². The molecule has 180 valence electrons. The molecule has 5 rings (SSSR count). The average molecular weight is 471 g/mol. The molecule has 1 aromatic carbocycles. The fourth-order valence-electron chi connectivity index (χ4n) is 4.23. The number of hydrogen-bond donors (Lipinski definition) is 2. The summed E-state index contributed by atoms with van der Waals surface area (Å²) in [5.74, 6) is -0.0267. The lowest BCUT2D eigenvalue weighted by molar-refractivity contribution is 0.0875. The molecule has 2 fully saturated rings. The Bertz CT molecular complexity index is 1170. The molecule has 2 N–H and O–H groups in total. The van der Waals surface area contributed by atoms with Crippen LogP contribution in [0.1, 0.15) is 25.7 Å². The van der Waals surface area contributed by atoms with Crippen molar-refractivity contribution in [3.63, 3.8) is 0 Å². The van der Waals surface area contributed by atoms with Crippen molar-refractivity contribution in [2.24, 2.45) is 5.92 Å². The number of hydrogen-bond acceptors (Lipinski definition) is 7. The first-order valence-electron chi connectivity index (χ1n) is 11.6. The first kappa shape index (κ1) is 22.6. The highest BCUT2D eigenvalue weighted by molar-refractivity contribution is 5.95. The topological polar surface area (TPSA) is 77.5 Å². The van der Waals surface area contributed by atoms with Crippen LogP contribution >= 0.6 is 0 Å². The molecule has 1 saturated carbocycles. The van der Waals surface area contributed by atoms with E-state index in [4.69, 9.17) is 14.2 Å². The minimum atomic E-state index is -0.829. The first-order chi connectivity index (χ1) is 16.6. The lowest BCUT2D eigenvalue weighted by atomic mass is 10.1. The van der Waals surface area contributed by atoms with Crippen molar-refractivity contribution in [1.29, 1.82) is 0 Å². The number of nitrogens with one attached hydrogen (secondary N) is 2. The number of pyridine rings is 2. The third-order valence-corrected chi connectivity index (χ3v) is 6.31. The van der Waals surface area contributed by atoms with Gasteiger partial charge in [-0.15, -0.1) is 0 Å². The second-order valence-electron chi connectivity index (χ2n) is 8.81. The number of rotatable bonds is 8. The molecule has 1 aliphatic carbocycles. The van der Waals surface area contributed by atoms with Crippen molar-refractivity contribution in [1.82, 2.24) is 9.97 Å². The quantitative estimate of drug-likeness (QED) is 0.479. The van der Waals surface area contributed by atoms with E-state index >= 15 is 8.78 Å². The summed E-state index contributed by atoms with van der Waals surface area (Å²) in [5.41, 5.74) is -0.157. The van der Waals surface area contributed by atoms with Gasteiger partial charge < -0.3 is 24.8 Å². The molecular weight excluding hydrogens is 442 g/mol. The first-order valence-corrected chi connectivity index (χ1v) is 11.6. The molecule has 1 atom stereocenters. The molecule has 0 amide bonds. The Hall–Kier alpha value is -3.20. The van der Waals surface area contributed by atoms with Crippen molar-refractivity contribution >= 4 is 22.4 Å². The van der Waals surface area contributed by atoms with Gasteiger partial charge in [0, 0.05) is 36.2 Å². The van der Waals surface area contributed by atoms with Gasteiger partial charge in [0.25, 0.3) is 0 Å². The number of aromatic nitrogens is 2. The number of fused-ring (bicyclic) bond motifs is 1. The largest absolute Gasteiger partial charge is 0.494 e. The van der Waals surface area contributed by atoms with Gasteiger partial charge in [-0.2, -0.15) is 0 Å². The smallest absolute Gasteiger partial charge is 0.177 e. The Morgan fingerprint density at radius 2 is 1.82 bits per heavy atom. The minimum absolute atomic E-state index is 0.116. The van der Waals surface area contributed by atoms with Crippen LogP contribution < -0.4 is 20.1 Å². The van der Waals surface area contributed by atoms with E-state index in [1.54, 1.807) is 12.3 Å². The monoisotopic (exact) mass is 470 g/mol. The Balaban J connectivity index is 1.59. The SMILES string of the molecule is COc1cc(OC)c(F)c(-c2cc3cnc(NC4CCCOC4)cc3c(NCC3CC3)n2)c1F. The van der Waals surface area contributed by atoms with Crippen molar-refractivity contribution in [3.8, 4) is 22.8 Å². The van der Waals surface area contributed by atoms with Crippen molar-refractivity contribution < 1.29 is 23.0 Å². The summed E-state index contributed by atoms with van der Waals surface area (Å²) in [7, 11) is 2.65. The fourth-order valence-corrected chi connectivity index (χ4v) is 4.23. The summed E-state index contributed by atoms with van der Waals surface area (Å²) < 4.78 is 46.2. The Morgan fingerprint density at radius 3 is 2.47 bits per heavy atom. The van der Waals surface area contributed by atoms with Crippen molar-refractivity contribution in [2.75, 3.05) is 44.6 Å². The van der Waals surface area contributed by atoms with E-state index in [2.05, 4.69) is 20.6 Å². The zero-order chi connectivity index (χ0) is 23.7. The summed E-state index contributed by atoms with van der Waals surface area (Å²) in [5, 5.41) is 8.36. The molecule has 0 radical (unpaired) electrons. The Kier molecular flexibility index (Phi) is 6.36. The van der Waals surface area contributed by atoms with Crippen LogP contribution in [-0.2, 0) is 4.74 Å². The third kappa shape index (κ3) is 4.57. The van der Waals surface area contributed by atoms with Gasteiger partial charge in [-0.25, -0.2) is 18.7 Å². The molecule has 0 spiro atoms. The van der Waals surface area contributed by atoms with E-state index in [1.807, 2.05) is 6.07 Å². The molecule has 1 aliphatic heterocycles. The maximum absolute atomic E-state index is 15.2. The zero-order valence-corrected chi connectivity index (χ0v) is 19.3. The van der Waals surface area contributed by atoms with Crippen LogP contribution in [0.15, 0.2) is 24.4 Å². The highest BCUT2D eigenvalue weighted by atomic mass is 19.1. The second-order valence-corrected chi connectivity index (χ2v) is 8.81. The molecular formula is C25H28F2N4O3. The number of ether oxygens (including phenoxy) is 3. The van der Waals surface area contributed by atoms with Crippen LogP contribution in [0.5, 0.6) is 11.5 Å². The number of benzene rings is 1. The normalized spacial score (nSPS) is 18.1. The number of nitrogens with zero attached hydrogens (tertiary/aromatic N) is 2. The summed E-state index contributed by atoms with van der Waals surface area (Å²) in [6.07, 6.45) is 6.04. The lowest BCUT2D eigenvalue weighted by Crippen LogP contribution is -2.30. The van der Waals surface area contributed by atoms with E-state index in [0.29, 0.717) is 29.5 Å². The second kappa shape index (κ2) is 9.58. The Morgan fingerprint density at radius 1 is 1.06 bits per heavy atom. The fraction of sp³-hybridized carbons (Fsp3) is 0.440. The van der Waals surface area contributed by atoms with E-state index < -0.39 is 11.6 Å². The van der Waals surface area contributed by atoms with Gasteiger partial charge in [0.1, 0.15) is 11.6 Å². The van der Waals surface area contributed by atoms with Gasteiger partial charge in [-0.3, -0.25) is 0 Å². The maximum Gasteiger partial charge on any atom is 0.177 e. The number of methoxy groups -OCH3 is 2. The predicted octanol–water partition coefficient (Wildman–Crippen LogP) is 5.01. The lowest BCUT2D eigenvalue weighted by Gasteiger charge is -2.23. The van der Waals surface area contributed by atoms with Crippen LogP contribution in [-0.4, -0.2) is 50.0 Å². The molecule has 1 unspecified atom stereocenters. The summed E-state index contributed by atoms with van der Waals surface area (Å²) in [4.78, 5) is 9.19. The van der Waals surface area contributed by atoms with Crippen molar-refractivity contribution in [3.05, 3.63) is 36.0 Å². The van der Waals surface area contributed by atoms with Crippen LogP contribution in [0, 0.1) is 17.6 Å². The Labute approximate surface area is 196 Å². The summed E-state index contributed by atoms with van der Waals surface area (Å²) >= 11 is 0. The maximum atomic E-state index is 15.2. The molecule has 2 aromatic heterocycles. The van der Waals surface area contributed by atoms with Gasteiger partial charge in [-0.1, -0.05) is 0 Å². The van der Waals surface area contributed by atoms with Gasteiger partial charge in [0.2, 0.25) is 0 Å². The summed E-state index contributed by atoms with van der Waals surface area (Å²) in [6.45, 7) is 2.17. The van der Waals surface area contributed by atoms with Crippen LogP contribution in [0.4, 0.5) is 20.4 Å². The third-order valence-electron chi connectivity index (χ3n) is 6.31. The summed E-state index contributed by atoms with van der Waals surface area (Å²) in [6, 6.07) is 4.95. The van der Waals surface area contributed by atoms with Gasteiger partial charge in [0.05, 0.1) is 38.1 Å². The standard InChI is InChI=1S/C25H28F2N4O3/c1-32-19-10-20(33-2)24(27)22(23(19)26)18-8-15-12-28-21(30-16-4-3-7-34-13-16)9-17(15)25(31-18)29-11-14-5-6-14/h8-10,12,14,16H,3-7,11,13H2,1-2H3,(H,28,30)(H,29,31). The average Bonchev–Trinajstić information content (AvgIpc) is 3.68. The molecule has 9 heteroatoms. The highest BCUT2D eigenvalue weighted by Crippen LogP contribution is 2.39. The molecule has 0 bridgehead atoms. The molecule has 3 heterocycles.